The van der Waals surface area contributed by atoms with E-state index in [2.05, 4.69) is 11.4 Å². The van der Waals surface area contributed by atoms with Crippen molar-refractivity contribution in [2.75, 3.05) is 6.54 Å². The second-order valence-corrected chi connectivity index (χ2v) is 4.58. The predicted molar refractivity (Wildman–Crippen MR) is 62.5 cm³/mol. The molecule has 0 spiro atoms. The molecule has 1 saturated heterocycles. The Morgan fingerprint density at radius 1 is 1.56 bits per heavy atom. The van der Waals surface area contributed by atoms with Gasteiger partial charge in [0.25, 0.3) is 0 Å². The zero-order valence-electron chi connectivity index (χ0n) is 9.49. The molecule has 1 heterocycles. The van der Waals surface area contributed by atoms with E-state index in [1.807, 2.05) is 25.1 Å². The van der Waals surface area contributed by atoms with Gasteiger partial charge in [0, 0.05) is 6.42 Å². The van der Waals surface area contributed by atoms with Gasteiger partial charge in [0.1, 0.15) is 5.54 Å². The molecule has 2 rings (SSSR count). The fourth-order valence-electron chi connectivity index (χ4n) is 2.39. The smallest absolute Gasteiger partial charge is 0.324 e. The van der Waals surface area contributed by atoms with Crippen molar-refractivity contribution in [1.29, 1.82) is 0 Å². The van der Waals surface area contributed by atoms with Crippen molar-refractivity contribution in [1.82, 2.24) is 5.32 Å². The Morgan fingerprint density at radius 2 is 2.38 bits per heavy atom. The molecule has 1 aromatic rings. The first-order valence-electron chi connectivity index (χ1n) is 5.66. The van der Waals surface area contributed by atoms with Crippen LogP contribution < -0.4 is 5.32 Å². The van der Waals surface area contributed by atoms with Crippen LogP contribution in [0.25, 0.3) is 0 Å². The van der Waals surface area contributed by atoms with Crippen LogP contribution in [0.15, 0.2) is 24.3 Å². The van der Waals surface area contributed by atoms with Crippen molar-refractivity contribution >= 4 is 5.97 Å². The molecule has 16 heavy (non-hydrogen) atoms. The van der Waals surface area contributed by atoms with Crippen LogP contribution in [0.5, 0.6) is 0 Å². The first-order valence-corrected chi connectivity index (χ1v) is 5.66. The lowest BCUT2D eigenvalue weighted by Crippen LogP contribution is -2.49. The maximum Gasteiger partial charge on any atom is 0.324 e. The molecule has 1 aliphatic heterocycles. The maximum atomic E-state index is 11.4. The number of aryl methyl sites for hydroxylation is 1. The molecule has 0 bridgehead atoms. The van der Waals surface area contributed by atoms with Crippen LogP contribution in [0.3, 0.4) is 0 Å². The average molecular weight is 219 g/mol. The molecule has 0 unspecified atom stereocenters. The van der Waals surface area contributed by atoms with Gasteiger partial charge in [0.2, 0.25) is 0 Å². The summed E-state index contributed by atoms with van der Waals surface area (Å²) >= 11 is 0. The lowest BCUT2D eigenvalue weighted by Gasteiger charge is -2.24. The van der Waals surface area contributed by atoms with E-state index in [-0.39, 0.29) is 0 Å². The minimum Gasteiger partial charge on any atom is -0.480 e. The number of nitrogens with one attached hydrogen (secondary N) is 1. The first-order chi connectivity index (χ1) is 7.62. The molecule has 0 saturated carbocycles. The predicted octanol–water partition coefficient (Wildman–Crippen LogP) is 1.74. The SMILES string of the molecule is Cc1cccc(C[C@@]2(C(=O)O)CCCN2)c1. The summed E-state index contributed by atoms with van der Waals surface area (Å²) in [7, 11) is 0. The van der Waals surface area contributed by atoms with Gasteiger partial charge in [-0.3, -0.25) is 4.79 Å². The summed E-state index contributed by atoms with van der Waals surface area (Å²) < 4.78 is 0. The van der Waals surface area contributed by atoms with Crippen LogP contribution in [-0.2, 0) is 11.2 Å². The van der Waals surface area contributed by atoms with Gasteiger partial charge in [0.15, 0.2) is 0 Å². The molecule has 0 amide bonds. The van der Waals surface area contributed by atoms with Crippen molar-refractivity contribution < 1.29 is 9.90 Å². The Bertz CT molecular complexity index is 395. The Hall–Kier alpha value is -1.35. The third kappa shape index (κ3) is 2.09. The number of aliphatic carboxylic acids is 1. The lowest BCUT2D eigenvalue weighted by atomic mass is 9.89. The third-order valence-corrected chi connectivity index (χ3v) is 3.24. The van der Waals surface area contributed by atoms with Crippen LogP contribution in [0.1, 0.15) is 24.0 Å². The summed E-state index contributed by atoms with van der Waals surface area (Å²) in [4.78, 5) is 11.4. The topological polar surface area (TPSA) is 49.3 Å². The van der Waals surface area contributed by atoms with Gasteiger partial charge < -0.3 is 10.4 Å². The molecular formula is C13H17NO2. The molecule has 0 aliphatic carbocycles. The number of carboxylic acids is 1. The van der Waals surface area contributed by atoms with Crippen LogP contribution in [0.4, 0.5) is 0 Å². The van der Waals surface area contributed by atoms with E-state index >= 15 is 0 Å². The summed E-state index contributed by atoms with van der Waals surface area (Å²) in [6.45, 7) is 2.83. The van der Waals surface area contributed by atoms with Crippen molar-refractivity contribution in [3.05, 3.63) is 35.4 Å². The quantitative estimate of drug-likeness (QED) is 0.814. The summed E-state index contributed by atoms with van der Waals surface area (Å²) in [5, 5.41) is 12.5. The zero-order chi connectivity index (χ0) is 11.6. The fraction of sp³-hybridized carbons (Fsp3) is 0.462. The highest BCUT2D eigenvalue weighted by molar-refractivity contribution is 5.79. The standard InChI is InChI=1S/C13H17NO2/c1-10-4-2-5-11(8-10)9-13(12(15)16)6-3-7-14-13/h2,4-5,8,14H,3,6-7,9H2,1H3,(H,15,16)/t13-/m1/s1. The molecule has 3 nitrogen and oxygen atoms in total. The van der Waals surface area contributed by atoms with Crippen molar-refractivity contribution in [3.63, 3.8) is 0 Å². The molecule has 1 aromatic carbocycles. The summed E-state index contributed by atoms with van der Waals surface area (Å²) in [5.41, 5.74) is 1.53. The third-order valence-electron chi connectivity index (χ3n) is 3.24. The monoisotopic (exact) mass is 219 g/mol. The summed E-state index contributed by atoms with van der Waals surface area (Å²) in [6, 6.07) is 8.07. The highest BCUT2D eigenvalue weighted by Crippen LogP contribution is 2.24. The van der Waals surface area contributed by atoms with Crippen LogP contribution in [0, 0.1) is 6.92 Å². The summed E-state index contributed by atoms with van der Waals surface area (Å²) in [6.07, 6.45) is 2.23. The van der Waals surface area contributed by atoms with Crippen molar-refractivity contribution in [2.45, 2.75) is 31.7 Å². The van der Waals surface area contributed by atoms with Gasteiger partial charge in [-0.05, 0) is 31.9 Å². The van der Waals surface area contributed by atoms with Crippen LogP contribution in [0.2, 0.25) is 0 Å². The number of carboxylic acid groups (broad SMARTS) is 1. The second-order valence-electron chi connectivity index (χ2n) is 4.58. The number of carbonyl (C=O) groups is 1. The molecule has 0 radical (unpaired) electrons. The second kappa shape index (κ2) is 4.26. The first kappa shape index (κ1) is 11.1. The van der Waals surface area contributed by atoms with Crippen molar-refractivity contribution in [3.8, 4) is 0 Å². The van der Waals surface area contributed by atoms with Crippen molar-refractivity contribution in [2.24, 2.45) is 0 Å². The molecule has 3 heteroatoms. The van der Waals surface area contributed by atoms with E-state index in [4.69, 9.17) is 0 Å². The number of hydrogen-bond donors (Lipinski definition) is 2. The van der Waals surface area contributed by atoms with Gasteiger partial charge in [0.05, 0.1) is 0 Å². The van der Waals surface area contributed by atoms with E-state index in [0.717, 1.165) is 24.9 Å². The molecule has 1 fully saturated rings. The van der Waals surface area contributed by atoms with E-state index in [1.165, 1.54) is 5.56 Å². The number of hydrogen-bond acceptors (Lipinski definition) is 2. The zero-order valence-corrected chi connectivity index (χ0v) is 9.49. The molecule has 1 aliphatic rings. The van der Waals surface area contributed by atoms with Crippen LogP contribution in [-0.4, -0.2) is 23.2 Å². The Kier molecular flexibility index (Phi) is 2.97. The number of rotatable bonds is 3. The van der Waals surface area contributed by atoms with Gasteiger partial charge in [-0.2, -0.15) is 0 Å². The highest BCUT2D eigenvalue weighted by atomic mass is 16.4. The van der Waals surface area contributed by atoms with Gasteiger partial charge in [-0.15, -0.1) is 0 Å². The molecule has 86 valence electrons. The molecular weight excluding hydrogens is 202 g/mol. The van der Waals surface area contributed by atoms with Crippen LogP contribution >= 0.6 is 0 Å². The van der Waals surface area contributed by atoms with E-state index in [9.17, 15) is 9.90 Å². The van der Waals surface area contributed by atoms with Gasteiger partial charge in [-0.1, -0.05) is 29.8 Å². The minimum atomic E-state index is -0.742. The number of benzene rings is 1. The molecule has 0 aromatic heterocycles. The average Bonchev–Trinajstić information content (AvgIpc) is 2.67. The minimum absolute atomic E-state index is 0.573. The summed E-state index contributed by atoms with van der Waals surface area (Å²) in [5.74, 6) is -0.730. The van der Waals surface area contributed by atoms with E-state index in [0.29, 0.717) is 6.42 Å². The lowest BCUT2D eigenvalue weighted by molar-refractivity contribution is -0.144. The van der Waals surface area contributed by atoms with Gasteiger partial charge in [-0.25, -0.2) is 0 Å². The molecule has 1 atom stereocenters. The highest BCUT2D eigenvalue weighted by Gasteiger charge is 2.40. The Balaban J connectivity index is 2.21. The van der Waals surface area contributed by atoms with Gasteiger partial charge >= 0.3 is 5.97 Å². The Labute approximate surface area is 95.5 Å². The maximum absolute atomic E-state index is 11.4. The van der Waals surface area contributed by atoms with E-state index in [1.54, 1.807) is 0 Å². The Morgan fingerprint density at radius 3 is 2.94 bits per heavy atom. The largest absolute Gasteiger partial charge is 0.480 e. The molecule has 2 N–H and O–H groups in total. The normalized spacial score (nSPS) is 24.6. The van der Waals surface area contributed by atoms with E-state index < -0.39 is 11.5 Å². The fourth-order valence-corrected chi connectivity index (χ4v) is 2.39.